The van der Waals surface area contributed by atoms with Crippen LogP contribution in [-0.2, 0) is 0 Å². The lowest BCUT2D eigenvalue weighted by Gasteiger charge is -2.11. The lowest BCUT2D eigenvalue weighted by Crippen LogP contribution is -1.97. The summed E-state index contributed by atoms with van der Waals surface area (Å²) in [5, 5.41) is 9.64. The van der Waals surface area contributed by atoms with Gasteiger partial charge in [-0.15, -0.1) is 6.42 Å². The topological polar surface area (TPSA) is 70.9 Å². The molecule has 6 heteroatoms. The highest BCUT2D eigenvalue weighted by Gasteiger charge is 2.12. The van der Waals surface area contributed by atoms with Gasteiger partial charge in [-0.1, -0.05) is 27.9 Å². The molecule has 2 aromatic carbocycles. The second-order valence-electron chi connectivity index (χ2n) is 5.79. The van der Waals surface area contributed by atoms with E-state index >= 15 is 0 Å². The molecule has 0 aliphatic rings. The number of hydrogen-bond donors (Lipinski definition) is 1. The van der Waals surface area contributed by atoms with Crippen LogP contribution in [0.2, 0.25) is 0 Å². The van der Waals surface area contributed by atoms with Crippen LogP contribution in [0.1, 0.15) is 17.0 Å². The maximum absolute atomic E-state index is 9.64. The molecule has 0 spiro atoms. The molecule has 0 atom stereocenters. The molecule has 0 amide bonds. The summed E-state index contributed by atoms with van der Waals surface area (Å²) in [5.41, 5.74) is 3.99. The number of nitriles is 1. The van der Waals surface area contributed by atoms with Gasteiger partial charge in [0.05, 0.1) is 23.7 Å². The van der Waals surface area contributed by atoms with Crippen LogP contribution in [0.3, 0.4) is 0 Å². The Kier molecular flexibility index (Phi) is 5.49. The zero-order valence-corrected chi connectivity index (χ0v) is 16.4. The number of hydrogen-bond acceptors (Lipinski definition) is 4. The van der Waals surface area contributed by atoms with Crippen molar-refractivity contribution in [1.82, 2.24) is 9.97 Å². The number of terminal acetylenes is 1. The van der Waals surface area contributed by atoms with Crippen LogP contribution in [-0.4, -0.2) is 23.7 Å². The van der Waals surface area contributed by atoms with Gasteiger partial charge >= 0.3 is 0 Å². The normalized spacial score (nSPS) is 11.1. The maximum Gasteiger partial charge on any atom is 0.163 e. The number of H-pyrrole nitrogens is 1. The van der Waals surface area contributed by atoms with Crippen LogP contribution in [0.25, 0.3) is 22.7 Å². The van der Waals surface area contributed by atoms with E-state index in [2.05, 4.69) is 37.9 Å². The fourth-order valence-corrected chi connectivity index (χ4v) is 3.05. The molecule has 0 aliphatic heterocycles. The van der Waals surface area contributed by atoms with E-state index in [0.717, 1.165) is 26.6 Å². The maximum atomic E-state index is 9.64. The van der Waals surface area contributed by atoms with Crippen LogP contribution in [0.15, 0.2) is 34.8 Å². The average molecular weight is 422 g/mol. The summed E-state index contributed by atoms with van der Waals surface area (Å²) in [6, 6.07) is 11.7. The largest absolute Gasteiger partial charge is 0.493 e. The Hall–Kier alpha value is -3.22. The molecule has 0 radical (unpaired) electrons. The number of imidazole rings is 1. The Morgan fingerprint density at radius 3 is 2.85 bits per heavy atom. The molecule has 3 aromatic rings. The molecule has 0 bridgehead atoms. The first-order chi connectivity index (χ1) is 13.0. The van der Waals surface area contributed by atoms with Gasteiger partial charge in [0, 0.05) is 4.47 Å². The number of halogens is 1. The Morgan fingerprint density at radius 2 is 2.15 bits per heavy atom. The second-order valence-corrected chi connectivity index (χ2v) is 6.65. The molecule has 0 saturated heterocycles. The van der Waals surface area contributed by atoms with Crippen LogP contribution in [0.4, 0.5) is 0 Å². The van der Waals surface area contributed by atoms with Crippen molar-refractivity contribution in [3.05, 3.63) is 51.8 Å². The van der Waals surface area contributed by atoms with Crippen molar-refractivity contribution in [2.24, 2.45) is 0 Å². The number of aromatic nitrogens is 2. The predicted octanol–water partition coefficient (Wildman–Crippen LogP) is 4.72. The van der Waals surface area contributed by atoms with E-state index in [1.165, 1.54) is 0 Å². The smallest absolute Gasteiger partial charge is 0.163 e. The summed E-state index contributed by atoms with van der Waals surface area (Å²) < 4.78 is 11.6. The van der Waals surface area contributed by atoms with Gasteiger partial charge in [-0.2, -0.15) is 5.26 Å². The first-order valence-electron chi connectivity index (χ1n) is 8.08. The Bertz CT molecular complexity index is 1120. The van der Waals surface area contributed by atoms with Crippen molar-refractivity contribution in [2.75, 3.05) is 13.7 Å². The third-order valence-electron chi connectivity index (χ3n) is 3.91. The summed E-state index contributed by atoms with van der Waals surface area (Å²) >= 11 is 3.51. The predicted molar refractivity (Wildman–Crippen MR) is 109 cm³/mol. The third-order valence-corrected chi connectivity index (χ3v) is 4.59. The summed E-state index contributed by atoms with van der Waals surface area (Å²) in [7, 11) is 1.55. The van der Waals surface area contributed by atoms with Gasteiger partial charge in [0.2, 0.25) is 0 Å². The van der Waals surface area contributed by atoms with E-state index < -0.39 is 0 Å². The van der Waals surface area contributed by atoms with Gasteiger partial charge in [0.1, 0.15) is 18.5 Å². The fourth-order valence-electron chi connectivity index (χ4n) is 2.61. The number of fused-ring (bicyclic) bond motifs is 1. The number of allylic oxidation sites excluding steroid dienone is 1. The third kappa shape index (κ3) is 3.97. The lowest BCUT2D eigenvalue weighted by molar-refractivity contribution is 0.330. The van der Waals surface area contributed by atoms with Gasteiger partial charge in [-0.25, -0.2) is 4.98 Å². The second kappa shape index (κ2) is 7.99. The first-order valence-corrected chi connectivity index (χ1v) is 8.87. The van der Waals surface area contributed by atoms with Crippen LogP contribution in [0.5, 0.6) is 11.5 Å². The van der Waals surface area contributed by atoms with Crippen molar-refractivity contribution >= 4 is 38.6 Å². The highest BCUT2D eigenvalue weighted by molar-refractivity contribution is 9.10. The minimum absolute atomic E-state index is 0.139. The molecule has 0 aliphatic carbocycles. The van der Waals surface area contributed by atoms with Gasteiger partial charge < -0.3 is 14.5 Å². The molecule has 27 heavy (non-hydrogen) atoms. The van der Waals surface area contributed by atoms with Crippen molar-refractivity contribution < 1.29 is 9.47 Å². The van der Waals surface area contributed by atoms with Gasteiger partial charge in [-0.05, 0) is 48.4 Å². The molecule has 1 N–H and O–H groups in total. The van der Waals surface area contributed by atoms with Crippen molar-refractivity contribution in [3.8, 4) is 29.9 Å². The van der Waals surface area contributed by atoms with Gasteiger partial charge in [-0.3, -0.25) is 0 Å². The molecule has 134 valence electrons. The molecular weight excluding hydrogens is 406 g/mol. The minimum Gasteiger partial charge on any atom is -0.493 e. The molecule has 0 fully saturated rings. The van der Waals surface area contributed by atoms with Crippen molar-refractivity contribution in [3.63, 3.8) is 0 Å². The number of nitrogens with zero attached hydrogens (tertiary/aromatic N) is 2. The summed E-state index contributed by atoms with van der Waals surface area (Å²) in [4.78, 5) is 7.71. The molecule has 5 nitrogen and oxygen atoms in total. The number of rotatable bonds is 5. The molecule has 3 rings (SSSR count). The highest BCUT2D eigenvalue weighted by Crippen LogP contribution is 2.35. The van der Waals surface area contributed by atoms with E-state index in [-0.39, 0.29) is 6.61 Å². The standard InChI is InChI=1S/C21H16BrN3O2/c1-4-7-27-20-11-16(22)14(10-19(20)26-3)9-15(12-23)21-24-17-6-5-13(2)8-18(17)25-21/h1,5-6,8-11H,7H2,2-3H3,(H,24,25). The van der Waals surface area contributed by atoms with E-state index in [4.69, 9.17) is 15.9 Å². The summed E-state index contributed by atoms with van der Waals surface area (Å²) in [6.07, 6.45) is 6.98. The van der Waals surface area contributed by atoms with Crippen molar-refractivity contribution in [2.45, 2.75) is 6.92 Å². The Balaban J connectivity index is 2.04. The number of methoxy groups -OCH3 is 1. The number of aryl methyl sites for hydroxylation is 1. The summed E-state index contributed by atoms with van der Waals surface area (Å²) in [6.45, 7) is 2.15. The van der Waals surface area contributed by atoms with Crippen LogP contribution in [0, 0.1) is 30.6 Å². The average Bonchev–Trinajstić information content (AvgIpc) is 3.08. The SMILES string of the molecule is C#CCOc1cc(Br)c(C=C(C#N)c2nc3ccc(C)cc3[nH]2)cc1OC. The molecule has 0 unspecified atom stereocenters. The number of aromatic amines is 1. The fraction of sp³-hybridized carbons (Fsp3) is 0.143. The van der Waals surface area contributed by atoms with Gasteiger partial charge in [0.15, 0.2) is 11.5 Å². The quantitative estimate of drug-likeness (QED) is 0.477. The van der Waals surface area contributed by atoms with Crippen LogP contribution < -0.4 is 9.47 Å². The highest BCUT2D eigenvalue weighted by atomic mass is 79.9. The van der Waals surface area contributed by atoms with E-state index in [0.29, 0.717) is 22.9 Å². The first kappa shape index (κ1) is 18.6. The van der Waals surface area contributed by atoms with Crippen molar-refractivity contribution in [1.29, 1.82) is 5.26 Å². The minimum atomic E-state index is 0.139. The lowest BCUT2D eigenvalue weighted by atomic mass is 10.1. The molecule has 0 saturated carbocycles. The van der Waals surface area contributed by atoms with Crippen LogP contribution >= 0.6 is 15.9 Å². The Labute approximate surface area is 165 Å². The zero-order valence-electron chi connectivity index (χ0n) is 14.8. The number of ether oxygens (including phenoxy) is 2. The van der Waals surface area contributed by atoms with Gasteiger partial charge in [0.25, 0.3) is 0 Å². The zero-order chi connectivity index (χ0) is 19.4. The summed E-state index contributed by atoms with van der Waals surface area (Å²) in [5.74, 6) is 3.98. The van der Waals surface area contributed by atoms with E-state index in [1.807, 2.05) is 25.1 Å². The molecule has 1 aromatic heterocycles. The van der Waals surface area contributed by atoms with E-state index in [9.17, 15) is 5.26 Å². The Morgan fingerprint density at radius 1 is 1.33 bits per heavy atom. The number of benzene rings is 2. The monoisotopic (exact) mass is 421 g/mol. The molecular formula is C21H16BrN3O2. The molecule has 1 heterocycles. The van der Waals surface area contributed by atoms with E-state index in [1.54, 1.807) is 25.3 Å². The number of nitrogens with one attached hydrogen (secondary N) is 1.